The number of oxazole rings is 1. The third kappa shape index (κ3) is 3.91. The molecule has 2 atom stereocenters. The number of amides is 1. The predicted octanol–water partition coefficient (Wildman–Crippen LogP) is 3.03. The lowest BCUT2D eigenvalue weighted by atomic mass is 10.1. The van der Waals surface area contributed by atoms with Crippen molar-refractivity contribution >= 4 is 5.91 Å². The Morgan fingerprint density at radius 1 is 1.40 bits per heavy atom. The number of hydrogen-bond acceptors (Lipinski definition) is 5. The number of carbonyl (C=O) groups excluding carboxylic acids is 1. The van der Waals surface area contributed by atoms with E-state index in [1.165, 1.54) is 6.39 Å². The fourth-order valence-electron chi connectivity index (χ4n) is 3.04. The Balaban J connectivity index is 1.73. The maximum absolute atomic E-state index is 12.9. The third-order valence-corrected chi connectivity index (χ3v) is 4.54. The van der Waals surface area contributed by atoms with Gasteiger partial charge in [0.15, 0.2) is 17.8 Å². The van der Waals surface area contributed by atoms with Crippen LogP contribution < -0.4 is 0 Å². The van der Waals surface area contributed by atoms with Crippen molar-refractivity contribution in [3.8, 4) is 0 Å². The first-order chi connectivity index (χ1) is 12.1. The number of likely N-dealkylation sites (N-methyl/N-ethyl adjacent to an activating group) is 1. The Morgan fingerprint density at radius 2 is 2.16 bits per heavy atom. The molecule has 1 aromatic carbocycles. The second kappa shape index (κ2) is 7.80. The lowest BCUT2D eigenvalue weighted by Gasteiger charge is -2.24. The zero-order chi connectivity index (χ0) is 17.8. The fraction of sp³-hybridized carbons (Fsp3) is 0.474. The Morgan fingerprint density at radius 3 is 2.80 bits per heavy atom. The summed E-state index contributed by atoms with van der Waals surface area (Å²) in [6, 6.07) is 7.66. The highest BCUT2D eigenvalue weighted by Crippen LogP contribution is 2.31. The molecule has 0 saturated carbocycles. The predicted molar refractivity (Wildman–Crippen MR) is 92.1 cm³/mol. The molecule has 1 aliphatic rings. The summed E-state index contributed by atoms with van der Waals surface area (Å²) in [4.78, 5) is 18.6. The molecule has 0 radical (unpaired) electrons. The molecule has 2 aromatic rings. The van der Waals surface area contributed by atoms with E-state index < -0.39 is 6.10 Å². The largest absolute Gasteiger partial charge is 0.445 e. The first-order valence-electron chi connectivity index (χ1n) is 8.69. The van der Waals surface area contributed by atoms with Gasteiger partial charge in [-0.3, -0.25) is 4.79 Å². The SMILES string of the molecule is CCN(CC(O)c1ccc(C)cc1)C(=O)c1ncoc1C1CCCO1. The summed E-state index contributed by atoms with van der Waals surface area (Å²) >= 11 is 0. The molecule has 1 aliphatic heterocycles. The van der Waals surface area contributed by atoms with Gasteiger partial charge in [-0.1, -0.05) is 29.8 Å². The minimum atomic E-state index is -0.748. The smallest absolute Gasteiger partial charge is 0.276 e. The van der Waals surface area contributed by atoms with Gasteiger partial charge in [-0.25, -0.2) is 4.98 Å². The van der Waals surface area contributed by atoms with Crippen LogP contribution >= 0.6 is 0 Å². The lowest BCUT2D eigenvalue weighted by Crippen LogP contribution is -2.35. The van der Waals surface area contributed by atoms with E-state index in [-0.39, 0.29) is 24.2 Å². The zero-order valence-corrected chi connectivity index (χ0v) is 14.6. The van der Waals surface area contributed by atoms with Crippen molar-refractivity contribution in [3.05, 3.63) is 53.2 Å². The number of benzene rings is 1. The molecule has 6 nitrogen and oxygen atoms in total. The number of aromatic nitrogens is 1. The molecule has 1 saturated heterocycles. The van der Waals surface area contributed by atoms with Gasteiger partial charge in [0.2, 0.25) is 0 Å². The normalized spacial score (nSPS) is 18.3. The molecule has 3 rings (SSSR count). The Kier molecular flexibility index (Phi) is 5.50. The Bertz CT molecular complexity index is 704. The summed E-state index contributed by atoms with van der Waals surface area (Å²) < 4.78 is 11.0. The van der Waals surface area contributed by atoms with E-state index in [2.05, 4.69) is 4.98 Å². The van der Waals surface area contributed by atoms with E-state index in [0.29, 0.717) is 18.9 Å². The van der Waals surface area contributed by atoms with Crippen LogP contribution in [-0.2, 0) is 4.74 Å². The van der Waals surface area contributed by atoms with Crippen LogP contribution in [0.2, 0.25) is 0 Å². The first-order valence-corrected chi connectivity index (χ1v) is 8.69. The molecule has 0 aliphatic carbocycles. The van der Waals surface area contributed by atoms with E-state index >= 15 is 0 Å². The number of aryl methyl sites for hydroxylation is 1. The summed E-state index contributed by atoms with van der Waals surface area (Å²) in [6.07, 6.45) is 2.11. The average Bonchev–Trinajstić information content (AvgIpc) is 3.30. The summed E-state index contributed by atoms with van der Waals surface area (Å²) in [7, 11) is 0. The molecule has 0 bridgehead atoms. The highest BCUT2D eigenvalue weighted by atomic mass is 16.5. The van der Waals surface area contributed by atoms with Crippen LogP contribution in [0.3, 0.4) is 0 Å². The first kappa shape index (κ1) is 17.6. The maximum atomic E-state index is 12.9. The fourth-order valence-corrected chi connectivity index (χ4v) is 3.04. The molecule has 1 amide bonds. The average molecular weight is 344 g/mol. The van der Waals surface area contributed by atoms with E-state index in [4.69, 9.17) is 9.15 Å². The van der Waals surface area contributed by atoms with Crippen molar-refractivity contribution in [2.24, 2.45) is 0 Å². The quantitative estimate of drug-likeness (QED) is 0.872. The van der Waals surface area contributed by atoms with Crippen molar-refractivity contribution in [1.29, 1.82) is 0 Å². The highest BCUT2D eigenvalue weighted by Gasteiger charge is 2.30. The molecule has 25 heavy (non-hydrogen) atoms. The van der Waals surface area contributed by atoms with Gasteiger partial charge < -0.3 is 19.2 Å². The van der Waals surface area contributed by atoms with Gasteiger partial charge >= 0.3 is 0 Å². The molecule has 1 N–H and O–H groups in total. The lowest BCUT2D eigenvalue weighted by molar-refractivity contribution is 0.0607. The van der Waals surface area contributed by atoms with Crippen LogP contribution in [0.5, 0.6) is 0 Å². The number of rotatable bonds is 6. The zero-order valence-electron chi connectivity index (χ0n) is 14.6. The van der Waals surface area contributed by atoms with Crippen LogP contribution in [0, 0.1) is 6.92 Å². The minimum absolute atomic E-state index is 0.205. The van der Waals surface area contributed by atoms with Crippen LogP contribution in [0.4, 0.5) is 0 Å². The van der Waals surface area contributed by atoms with Crippen molar-refractivity contribution in [2.75, 3.05) is 19.7 Å². The summed E-state index contributed by atoms with van der Waals surface area (Å²) in [6.45, 7) is 5.22. The molecule has 1 aromatic heterocycles. The van der Waals surface area contributed by atoms with Crippen molar-refractivity contribution in [2.45, 2.75) is 38.9 Å². The molecular weight excluding hydrogens is 320 g/mol. The number of carbonyl (C=O) groups is 1. The van der Waals surface area contributed by atoms with Crippen LogP contribution in [-0.4, -0.2) is 40.6 Å². The summed E-state index contributed by atoms with van der Waals surface area (Å²) in [5.74, 6) is 0.249. The second-order valence-electron chi connectivity index (χ2n) is 6.34. The van der Waals surface area contributed by atoms with Gasteiger partial charge in [0.25, 0.3) is 5.91 Å². The third-order valence-electron chi connectivity index (χ3n) is 4.54. The molecule has 2 unspecified atom stereocenters. The van der Waals surface area contributed by atoms with Gasteiger partial charge in [0.1, 0.15) is 6.10 Å². The van der Waals surface area contributed by atoms with Gasteiger partial charge in [0.05, 0.1) is 12.6 Å². The number of hydrogen-bond donors (Lipinski definition) is 1. The van der Waals surface area contributed by atoms with E-state index in [1.807, 2.05) is 38.1 Å². The van der Waals surface area contributed by atoms with Gasteiger partial charge in [-0.15, -0.1) is 0 Å². The van der Waals surface area contributed by atoms with Crippen LogP contribution in [0.15, 0.2) is 35.1 Å². The molecule has 1 fully saturated rings. The van der Waals surface area contributed by atoms with E-state index in [0.717, 1.165) is 24.0 Å². The second-order valence-corrected chi connectivity index (χ2v) is 6.34. The highest BCUT2D eigenvalue weighted by molar-refractivity contribution is 5.93. The molecule has 6 heteroatoms. The van der Waals surface area contributed by atoms with Crippen LogP contribution in [0.25, 0.3) is 0 Å². The topological polar surface area (TPSA) is 75.8 Å². The molecule has 0 spiro atoms. The molecule has 2 heterocycles. The molecular formula is C19H24N2O4. The number of aliphatic hydroxyl groups excluding tert-OH is 1. The number of nitrogens with zero attached hydrogens (tertiary/aromatic N) is 2. The van der Waals surface area contributed by atoms with Gasteiger partial charge in [0, 0.05) is 13.2 Å². The van der Waals surface area contributed by atoms with Crippen molar-refractivity contribution in [1.82, 2.24) is 9.88 Å². The van der Waals surface area contributed by atoms with E-state index in [1.54, 1.807) is 4.90 Å². The van der Waals surface area contributed by atoms with E-state index in [9.17, 15) is 9.90 Å². The van der Waals surface area contributed by atoms with Crippen molar-refractivity contribution < 1.29 is 19.1 Å². The van der Waals surface area contributed by atoms with Crippen molar-refractivity contribution in [3.63, 3.8) is 0 Å². The van der Waals surface area contributed by atoms with Crippen LogP contribution in [0.1, 0.15) is 59.3 Å². The minimum Gasteiger partial charge on any atom is -0.445 e. The maximum Gasteiger partial charge on any atom is 0.276 e. The monoisotopic (exact) mass is 344 g/mol. The summed E-state index contributed by atoms with van der Waals surface area (Å²) in [5.41, 5.74) is 2.20. The van der Waals surface area contributed by atoms with Gasteiger partial charge in [-0.2, -0.15) is 0 Å². The standard InChI is InChI=1S/C19H24N2O4/c1-3-21(11-15(22)14-8-6-13(2)7-9-14)19(23)17-18(25-12-20-17)16-5-4-10-24-16/h6-9,12,15-16,22H,3-5,10-11H2,1-2H3. The Hall–Kier alpha value is -2.18. The summed E-state index contributed by atoms with van der Waals surface area (Å²) in [5, 5.41) is 10.5. The molecule has 134 valence electrons. The Labute approximate surface area is 147 Å². The number of aliphatic hydroxyl groups is 1. The number of ether oxygens (including phenoxy) is 1. The van der Waals surface area contributed by atoms with Gasteiger partial charge in [-0.05, 0) is 32.3 Å².